The first kappa shape index (κ1) is 17.4. The van der Waals surface area contributed by atoms with Gasteiger partial charge in [0.25, 0.3) is 0 Å². The van der Waals surface area contributed by atoms with E-state index in [0.717, 1.165) is 0 Å². The molecule has 0 fully saturated rings. The first-order chi connectivity index (χ1) is 11.9. The lowest BCUT2D eigenvalue weighted by atomic mass is 10.3. The van der Waals surface area contributed by atoms with Crippen molar-refractivity contribution in [1.29, 1.82) is 0 Å². The summed E-state index contributed by atoms with van der Waals surface area (Å²) in [7, 11) is -3.60. The van der Waals surface area contributed by atoms with Gasteiger partial charge >= 0.3 is 0 Å². The van der Waals surface area contributed by atoms with Crippen LogP contribution < -0.4 is 10.6 Å². The van der Waals surface area contributed by atoms with Crippen molar-refractivity contribution >= 4 is 44.9 Å². The molecule has 0 unspecified atom stereocenters. The second kappa shape index (κ2) is 7.24. The third kappa shape index (κ3) is 4.37. The second-order valence-electron chi connectivity index (χ2n) is 5.33. The Kier molecular flexibility index (Phi) is 5.05. The maximum absolute atomic E-state index is 12.4. The number of fused-ring (bicyclic) bond motifs is 1. The van der Waals surface area contributed by atoms with Gasteiger partial charge in [-0.1, -0.05) is 6.07 Å². The minimum Gasteiger partial charge on any atom is -0.324 e. The Hall–Kier alpha value is -2.39. The average molecular weight is 377 g/mol. The molecular weight excluding hydrogens is 362 g/mol. The molecule has 1 aromatic carbocycles. The van der Waals surface area contributed by atoms with Gasteiger partial charge in [0.05, 0.1) is 22.1 Å². The van der Waals surface area contributed by atoms with Crippen molar-refractivity contribution in [3.05, 3.63) is 42.6 Å². The molecule has 2 N–H and O–H groups in total. The topological polar surface area (TPSA) is 105 Å². The third-order valence-corrected chi connectivity index (χ3v) is 6.24. The first-order valence-electron chi connectivity index (χ1n) is 7.44. The summed E-state index contributed by atoms with van der Waals surface area (Å²) in [4.78, 5) is 28.0. The number of hydrogen-bond acceptors (Lipinski definition) is 6. The molecule has 25 heavy (non-hydrogen) atoms. The number of nitrogens with zero attached hydrogens (tertiary/aromatic N) is 1. The van der Waals surface area contributed by atoms with E-state index < -0.39 is 15.7 Å². The van der Waals surface area contributed by atoms with E-state index in [1.807, 2.05) is 0 Å². The average Bonchev–Trinajstić information content (AvgIpc) is 2.60. The highest BCUT2D eigenvalue weighted by Gasteiger charge is 2.21. The standard InChI is InChI=1S/C16H15N3O4S2/c20-15(19-14-3-1-2-7-17-14)6-8-25(22,23)11-4-5-12-13(9-11)24-10-16(21)18-12/h1-5,7,9H,6,8,10H2,(H,18,21)(H,17,19,20). The Morgan fingerprint density at radius 2 is 2.12 bits per heavy atom. The summed E-state index contributed by atoms with van der Waals surface area (Å²) in [6.45, 7) is 0. The molecule has 2 aromatic rings. The van der Waals surface area contributed by atoms with E-state index in [4.69, 9.17) is 0 Å². The minimum atomic E-state index is -3.60. The number of sulfone groups is 1. The van der Waals surface area contributed by atoms with E-state index in [1.54, 1.807) is 24.3 Å². The predicted molar refractivity (Wildman–Crippen MR) is 95.3 cm³/mol. The normalized spacial score (nSPS) is 13.7. The molecule has 1 aliphatic heterocycles. The van der Waals surface area contributed by atoms with Crippen LogP contribution in [-0.2, 0) is 19.4 Å². The molecule has 0 saturated carbocycles. The van der Waals surface area contributed by atoms with Crippen LogP contribution in [0.3, 0.4) is 0 Å². The number of carbonyl (C=O) groups is 2. The van der Waals surface area contributed by atoms with E-state index in [0.29, 0.717) is 16.4 Å². The van der Waals surface area contributed by atoms with Gasteiger partial charge in [-0.15, -0.1) is 11.8 Å². The van der Waals surface area contributed by atoms with Crippen LogP contribution in [0.25, 0.3) is 0 Å². The summed E-state index contributed by atoms with van der Waals surface area (Å²) in [6, 6.07) is 9.61. The number of aromatic nitrogens is 1. The van der Waals surface area contributed by atoms with Crippen LogP contribution in [0.4, 0.5) is 11.5 Å². The lowest BCUT2D eigenvalue weighted by Gasteiger charge is -2.17. The van der Waals surface area contributed by atoms with Crippen molar-refractivity contribution in [2.75, 3.05) is 22.1 Å². The molecule has 7 nitrogen and oxygen atoms in total. The molecule has 9 heteroatoms. The molecule has 0 radical (unpaired) electrons. The molecule has 0 aliphatic carbocycles. The number of thioether (sulfide) groups is 1. The molecule has 2 amide bonds. The van der Waals surface area contributed by atoms with Gasteiger partial charge < -0.3 is 10.6 Å². The quantitative estimate of drug-likeness (QED) is 0.825. The summed E-state index contributed by atoms with van der Waals surface area (Å²) >= 11 is 1.29. The molecular formula is C16H15N3O4S2. The minimum absolute atomic E-state index is 0.112. The molecule has 1 aliphatic rings. The highest BCUT2D eigenvalue weighted by molar-refractivity contribution is 8.00. The highest BCUT2D eigenvalue weighted by atomic mass is 32.2. The molecule has 0 atom stereocenters. The zero-order valence-corrected chi connectivity index (χ0v) is 14.7. The Morgan fingerprint density at radius 1 is 1.28 bits per heavy atom. The smallest absolute Gasteiger partial charge is 0.234 e. The van der Waals surface area contributed by atoms with Gasteiger partial charge in [-0.3, -0.25) is 9.59 Å². The summed E-state index contributed by atoms with van der Waals surface area (Å²) < 4.78 is 24.9. The summed E-state index contributed by atoms with van der Waals surface area (Å²) in [5.74, 6) is -0.197. The third-order valence-electron chi connectivity index (χ3n) is 3.48. The fourth-order valence-electron chi connectivity index (χ4n) is 2.24. The molecule has 0 spiro atoms. The zero-order chi connectivity index (χ0) is 17.9. The number of benzene rings is 1. The summed E-state index contributed by atoms with van der Waals surface area (Å²) in [5.41, 5.74) is 0.605. The van der Waals surface area contributed by atoms with Gasteiger partial charge in [0, 0.05) is 17.5 Å². The summed E-state index contributed by atoms with van der Waals surface area (Å²) in [6.07, 6.45) is 1.37. The Balaban J connectivity index is 1.66. The van der Waals surface area contributed by atoms with E-state index in [9.17, 15) is 18.0 Å². The lowest BCUT2D eigenvalue weighted by molar-refractivity contribution is -0.116. The molecule has 2 heterocycles. The van der Waals surface area contributed by atoms with Crippen molar-refractivity contribution in [1.82, 2.24) is 4.98 Å². The van der Waals surface area contributed by atoms with Gasteiger partial charge in [0.1, 0.15) is 5.82 Å². The first-order valence-corrected chi connectivity index (χ1v) is 10.1. The van der Waals surface area contributed by atoms with Gasteiger partial charge in [0.2, 0.25) is 11.8 Å². The maximum atomic E-state index is 12.4. The van der Waals surface area contributed by atoms with Crippen LogP contribution in [0.15, 0.2) is 52.4 Å². The summed E-state index contributed by atoms with van der Waals surface area (Å²) in [5, 5.41) is 5.25. The number of amides is 2. The number of rotatable bonds is 5. The molecule has 0 saturated heterocycles. The van der Waals surface area contributed by atoms with Crippen LogP contribution in [0.5, 0.6) is 0 Å². The van der Waals surface area contributed by atoms with Crippen LogP contribution in [-0.4, -0.2) is 36.7 Å². The number of pyridine rings is 1. The van der Waals surface area contributed by atoms with Crippen LogP contribution in [0.2, 0.25) is 0 Å². The van der Waals surface area contributed by atoms with Crippen LogP contribution in [0, 0.1) is 0 Å². The van der Waals surface area contributed by atoms with E-state index in [1.165, 1.54) is 30.1 Å². The van der Waals surface area contributed by atoms with Crippen molar-refractivity contribution in [2.24, 2.45) is 0 Å². The fourth-order valence-corrected chi connectivity index (χ4v) is 4.42. The molecule has 130 valence electrons. The predicted octanol–water partition coefficient (Wildman–Crippen LogP) is 1.93. The molecule has 0 bridgehead atoms. The van der Waals surface area contributed by atoms with E-state index >= 15 is 0 Å². The van der Waals surface area contributed by atoms with Crippen LogP contribution in [0.1, 0.15) is 6.42 Å². The lowest BCUT2D eigenvalue weighted by Crippen LogP contribution is -2.20. The zero-order valence-electron chi connectivity index (χ0n) is 13.1. The van der Waals surface area contributed by atoms with Crippen LogP contribution >= 0.6 is 11.8 Å². The van der Waals surface area contributed by atoms with Gasteiger partial charge in [-0.05, 0) is 30.3 Å². The fraction of sp³-hybridized carbons (Fsp3) is 0.188. The second-order valence-corrected chi connectivity index (χ2v) is 8.45. The molecule has 1 aromatic heterocycles. The van der Waals surface area contributed by atoms with E-state index in [-0.39, 0.29) is 28.7 Å². The van der Waals surface area contributed by atoms with Crippen molar-refractivity contribution < 1.29 is 18.0 Å². The van der Waals surface area contributed by atoms with Gasteiger partial charge in [0.15, 0.2) is 9.84 Å². The van der Waals surface area contributed by atoms with E-state index in [2.05, 4.69) is 15.6 Å². The maximum Gasteiger partial charge on any atom is 0.234 e. The number of anilines is 2. The highest BCUT2D eigenvalue weighted by Crippen LogP contribution is 2.33. The van der Waals surface area contributed by atoms with Crippen molar-refractivity contribution in [3.8, 4) is 0 Å². The monoisotopic (exact) mass is 377 g/mol. The SMILES string of the molecule is O=C(CCS(=O)(=O)c1ccc2c(c1)SCC(=O)N2)Nc1ccccn1. The van der Waals surface area contributed by atoms with Crippen molar-refractivity contribution in [2.45, 2.75) is 16.2 Å². The number of hydrogen-bond donors (Lipinski definition) is 2. The van der Waals surface area contributed by atoms with Gasteiger partial charge in [-0.2, -0.15) is 0 Å². The molecule has 3 rings (SSSR count). The number of nitrogens with one attached hydrogen (secondary N) is 2. The van der Waals surface area contributed by atoms with Gasteiger partial charge in [-0.25, -0.2) is 13.4 Å². The Labute approximate surface area is 149 Å². The number of carbonyl (C=O) groups excluding carboxylic acids is 2. The largest absolute Gasteiger partial charge is 0.324 e. The van der Waals surface area contributed by atoms with Crippen molar-refractivity contribution in [3.63, 3.8) is 0 Å². The Bertz CT molecular complexity index is 914. The Morgan fingerprint density at radius 3 is 2.88 bits per heavy atom.